The molecule has 0 bridgehead atoms. The minimum absolute atomic E-state index is 0.0245. The first-order chi connectivity index (χ1) is 9.97. The monoisotopic (exact) mass is 284 g/mol. The summed E-state index contributed by atoms with van der Waals surface area (Å²) >= 11 is 0. The van der Waals surface area contributed by atoms with Crippen LogP contribution in [0.1, 0.15) is 11.3 Å². The van der Waals surface area contributed by atoms with Crippen LogP contribution in [-0.4, -0.2) is 21.0 Å². The summed E-state index contributed by atoms with van der Waals surface area (Å²) in [4.78, 5) is 25.0. The largest absolute Gasteiger partial charge is 0.478 e. The number of hydrogen-bond donors (Lipinski definition) is 1. The minimum Gasteiger partial charge on any atom is -0.478 e. The van der Waals surface area contributed by atoms with E-state index in [1.807, 2.05) is 0 Å². The lowest BCUT2D eigenvalue weighted by molar-refractivity contribution is -0.384. The molecule has 106 valence electrons. The van der Waals surface area contributed by atoms with Gasteiger partial charge >= 0.3 is 5.97 Å². The van der Waals surface area contributed by atoms with Gasteiger partial charge in [0.15, 0.2) is 0 Å². The van der Waals surface area contributed by atoms with E-state index in [-0.39, 0.29) is 5.69 Å². The van der Waals surface area contributed by atoms with E-state index in [9.17, 15) is 14.9 Å². The van der Waals surface area contributed by atoms with Crippen molar-refractivity contribution < 1.29 is 14.8 Å². The fourth-order valence-electron chi connectivity index (χ4n) is 1.82. The maximum Gasteiger partial charge on any atom is 0.328 e. The highest BCUT2D eigenvalue weighted by atomic mass is 16.6. The number of nitro groups is 1. The molecule has 2 rings (SSSR count). The van der Waals surface area contributed by atoms with Crippen LogP contribution < -0.4 is 0 Å². The molecule has 6 nitrogen and oxygen atoms in total. The Kier molecular flexibility index (Phi) is 4.08. The second-order valence-electron chi connectivity index (χ2n) is 4.35. The maximum absolute atomic E-state index is 10.6. The second kappa shape index (κ2) is 5.96. The smallest absolute Gasteiger partial charge is 0.328 e. The first-order valence-electron chi connectivity index (χ1n) is 6.11. The van der Waals surface area contributed by atoms with Crippen LogP contribution in [0.2, 0.25) is 0 Å². The Morgan fingerprint density at radius 2 is 1.90 bits per heavy atom. The molecule has 0 saturated carbocycles. The molecule has 1 heterocycles. The fraction of sp³-hybridized carbons (Fsp3) is 0.0667. The lowest BCUT2D eigenvalue weighted by Gasteiger charge is -2.05. The van der Waals surface area contributed by atoms with Crippen molar-refractivity contribution in [3.8, 4) is 11.3 Å². The van der Waals surface area contributed by atoms with Crippen molar-refractivity contribution in [1.29, 1.82) is 0 Å². The van der Waals surface area contributed by atoms with Gasteiger partial charge in [-0.2, -0.15) is 0 Å². The number of pyridine rings is 1. The summed E-state index contributed by atoms with van der Waals surface area (Å²) in [6.07, 6.45) is 2.53. The van der Waals surface area contributed by atoms with Gasteiger partial charge in [-0.05, 0) is 36.8 Å². The van der Waals surface area contributed by atoms with Gasteiger partial charge < -0.3 is 5.11 Å². The number of non-ortho nitro benzene ring substituents is 1. The van der Waals surface area contributed by atoms with E-state index in [4.69, 9.17) is 5.11 Å². The molecule has 0 fully saturated rings. The predicted molar refractivity (Wildman–Crippen MR) is 77.7 cm³/mol. The van der Waals surface area contributed by atoms with Crippen LogP contribution in [0.5, 0.6) is 0 Å². The number of rotatable bonds is 4. The number of nitro benzene ring substituents is 1. The van der Waals surface area contributed by atoms with Gasteiger partial charge in [0.05, 0.1) is 10.6 Å². The molecular formula is C15H12N2O4. The number of carboxylic acid groups (broad SMARTS) is 1. The minimum atomic E-state index is -1.02. The lowest BCUT2D eigenvalue weighted by atomic mass is 10.1. The summed E-state index contributed by atoms with van der Waals surface area (Å²) in [7, 11) is 0. The average Bonchev–Trinajstić information content (AvgIpc) is 2.46. The number of carboxylic acids is 1. The molecule has 1 aromatic carbocycles. The molecule has 0 radical (unpaired) electrons. The van der Waals surface area contributed by atoms with E-state index in [2.05, 4.69) is 4.98 Å². The summed E-state index contributed by atoms with van der Waals surface area (Å²) in [5, 5.41) is 19.2. The molecule has 1 N–H and O–H groups in total. The molecule has 1 aromatic heterocycles. The Labute approximate surface area is 120 Å². The Hall–Kier alpha value is -3.02. The lowest BCUT2D eigenvalue weighted by Crippen LogP contribution is -1.92. The molecule has 2 aromatic rings. The summed E-state index contributed by atoms with van der Waals surface area (Å²) < 4.78 is 0. The Morgan fingerprint density at radius 3 is 2.43 bits per heavy atom. The molecule has 0 saturated heterocycles. The van der Waals surface area contributed by atoms with Crippen LogP contribution >= 0.6 is 0 Å². The zero-order valence-corrected chi connectivity index (χ0v) is 11.2. The van der Waals surface area contributed by atoms with E-state index >= 15 is 0 Å². The average molecular weight is 284 g/mol. The van der Waals surface area contributed by atoms with Gasteiger partial charge in [0, 0.05) is 29.5 Å². The highest BCUT2D eigenvalue weighted by Gasteiger charge is 2.07. The van der Waals surface area contributed by atoms with E-state index < -0.39 is 10.9 Å². The van der Waals surface area contributed by atoms with Crippen molar-refractivity contribution in [3.63, 3.8) is 0 Å². The van der Waals surface area contributed by atoms with Crippen molar-refractivity contribution in [2.45, 2.75) is 6.92 Å². The number of aromatic nitrogens is 1. The SMILES string of the molecule is Cc1nc(-c2ccc([N+](=O)[O-])cc2)ccc1/C=C/C(=O)O. The highest BCUT2D eigenvalue weighted by Crippen LogP contribution is 2.22. The topological polar surface area (TPSA) is 93.3 Å². The van der Waals surface area contributed by atoms with Crippen molar-refractivity contribution in [1.82, 2.24) is 4.98 Å². The third kappa shape index (κ3) is 3.50. The number of benzene rings is 1. The van der Waals surface area contributed by atoms with Crippen LogP contribution in [0.25, 0.3) is 17.3 Å². The maximum atomic E-state index is 10.6. The molecule has 0 spiro atoms. The Balaban J connectivity index is 2.31. The molecular weight excluding hydrogens is 272 g/mol. The van der Waals surface area contributed by atoms with Crippen LogP contribution in [-0.2, 0) is 4.79 Å². The quantitative estimate of drug-likeness (QED) is 0.529. The number of nitrogens with zero attached hydrogens (tertiary/aromatic N) is 2. The van der Waals surface area contributed by atoms with Gasteiger partial charge in [0.1, 0.15) is 0 Å². The normalized spacial score (nSPS) is 10.7. The molecule has 0 unspecified atom stereocenters. The number of aryl methyl sites for hydroxylation is 1. The molecule has 0 aliphatic carbocycles. The van der Waals surface area contributed by atoms with Gasteiger partial charge in [-0.15, -0.1) is 0 Å². The van der Waals surface area contributed by atoms with Gasteiger partial charge in [-0.1, -0.05) is 6.07 Å². The Bertz CT molecular complexity index is 721. The Morgan fingerprint density at radius 1 is 1.24 bits per heavy atom. The summed E-state index contributed by atoms with van der Waals surface area (Å²) in [5.74, 6) is -1.02. The molecule has 0 aliphatic rings. The van der Waals surface area contributed by atoms with Crippen molar-refractivity contribution in [3.05, 3.63) is 63.8 Å². The molecule has 0 atom stereocenters. The predicted octanol–water partition coefficient (Wildman–Crippen LogP) is 3.06. The zero-order chi connectivity index (χ0) is 15.4. The van der Waals surface area contributed by atoms with Crippen molar-refractivity contribution in [2.24, 2.45) is 0 Å². The fourth-order valence-corrected chi connectivity index (χ4v) is 1.82. The van der Waals surface area contributed by atoms with Crippen LogP contribution in [0.4, 0.5) is 5.69 Å². The zero-order valence-electron chi connectivity index (χ0n) is 11.2. The molecule has 0 amide bonds. The first kappa shape index (κ1) is 14.4. The van der Waals surface area contributed by atoms with Gasteiger partial charge in [-0.25, -0.2) is 4.79 Å². The van der Waals surface area contributed by atoms with Crippen LogP contribution in [0.15, 0.2) is 42.5 Å². The standard InChI is InChI=1S/C15H12N2O4/c1-10-11(5-9-15(18)19)4-8-14(16-10)12-2-6-13(7-3-12)17(20)21/h2-9H,1H3,(H,18,19)/b9-5+. The van der Waals surface area contributed by atoms with Crippen LogP contribution in [0.3, 0.4) is 0 Å². The van der Waals surface area contributed by atoms with E-state index in [1.165, 1.54) is 18.2 Å². The third-order valence-corrected chi connectivity index (χ3v) is 2.91. The van der Waals surface area contributed by atoms with Crippen molar-refractivity contribution >= 4 is 17.7 Å². The molecule has 0 aliphatic heterocycles. The number of hydrogen-bond acceptors (Lipinski definition) is 4. The first-order valence-corrected chi connectivity index (χ1v) is 6.11. The number of carbonyl (C=O) groups is 1. The third-order valence-electron chi connectivity index (χ3n) is 2.91. The highest BCUT2D eigenvalue weighted by molar-refractivity contribution is 5.85. The van der Waals surface area contributed by atoms with Crippen molar-refractivity contribution in [2.75, 3.05) is 0 Å². The van der Waals surface area contributed by atoms with Gasteiger partial charge in [-0.3, -0.25) is 15.1 Å². The van der Waals surface area contributed by atoms with Gasteiger partial charge in [0.25, 0.3) is 5.69 Å². The summed E-state index contributed by atoms with van der Waals surface area (Å²) in [5.41, 5.74) is 2.86. The second-order valence-corrected chi connectivity index (χ2v) is 4.35. The van der Waals surface area contributed by atoms with E-state index in [1.54, 1.807) is 31.2 Å². The molecule has 6 heteroatoms. The number of aliphatic carboxylic acids is 1. The van der Waals surface area contributed by atoms with E-state index in [0.717, 1.165) is 11.6 Å². The molecule has 21 heavy (non-hydrogen) atoms. The summed E-state index contributed by atoms with van der Waals surface area (Å²) in [6.45, 7) is 1.77. The summed E-state index contributed by atoms with van der Waals surface area (Å²) in [6, 6.07) is 9.61. The van der Waals surface area contributed by atoms with E-state index in [0.29, 0.717) is 17.0 Å². The van der Waals surface area contributed by atoms with Crippen LogP contribution in [0, 0.1) is 17.0 Å². The van der Waals surface area contributed by atoms with Gasteiger partial charge in [0.2, 0.25) is 0 Å².